The summed E-state index contributed by atoms with van der Waals surface area (Å²) in [6.45, 7) is 7.41. The summed E-state index contributed by atoms with van der Waals surface area (Å²) >= 11 is 0. The number of hydrogen-bond donors (Lipinski definition) is 1. The SMILES string of the molecule is CC#CCc1cn(CCC(C)C)c(=O)n1Cc1ccc(-c2ccccc2-c2nnn[nH]2)cc1. The number of aromatic nitrogens is 6. The highest BCUT2D eigenvalue weighted by atomic mass is 16.1. The van der Waals surface area contributed by atoms with Crippen molar-refractivity contribution in [2.45, 2.75) is 46.7 Å². The number of nitrogens with zero attached hydrogens (tertiary/aromatic N) is 5. The highest BCUT2D eigenvalue weighted by Crippen LogP contribution is 2.29. The topological polar surface area (TPSA) is 81.4 Å². The van der Waals surface area contributed by atoms with Crippen molar-refractivity contribution in [2.75, 3.05) is 0 Å². The van der Waals surface area contributed by atoms with Gasteiger partial charge in [0, 0.05) is 18.3 Å². The number of tetrazole rings is 1. The van der Waals surface area contributed by atoms with Gasteiger partial charge in [-0.2, -0.15) is 0 Å². The Morgan fingerprint density at radius 2 is 1.82 bits per heavy atom. The first-order valence-electron chi connectivity index (χ1n) is 11.2. The smallest absolute Gasteiger partial charge is 0.299 e. The van der Waals surface area contributed by atoms with Crippen LogP contribution in [0.5, 0.6) is 0 Å². The van der Waals surface area contributed by atoms with Gasteiger partial charge in [0.2, 0.25) is 0 Å². The van der Waals surface area contributed by atoms with Gasteiger partial charge in [-0.3, -0.25) is 9.13 Å². The van der Waals surface area contributed by atoms with E-state index in [-0.39, 0.29) is 5.69 Å². The van der Waals surface area contributed by atoms with Gasteiger partial charge in [-0.1, -0.05) is 68.3 Å². The van der Waals surface area contributed by atoms with Crippen LogP contribution in [0, 0.1) is 17.8 Å². The predicted octanol–water partition coefficient (Wildman–Crippen LogP) is 4.16. The summed E-state index contributed by atoms with van der Waals surface area (Å²) in [5.74, 6) is 7.22. The van der Waals surface area contributed by atoms with Gasteiger partial charge in [0.1, 0.15) is 0 Å². The van der Waals surface area contributed by atoms with Gasteiger partial charge in [0.15, 0.2) is 5.82 Å². The van der Waals surface area contributed by atoms with Crippen LogP contribution in [0.3, 0.4) is 0 Å². The molecule has 33 heavy (non-hydrogen) atoms. The molecule has 7 heteroatoms. The third kappa shape index (κ3) is 5.12. The van der Waals surface area contributed by atoms with E-state index in [9.17, 15) is 4.79 Å². The summed E-state index contributed by atoms with van der Waals surface area (Å²) < 4.78 is 3.66. The molecular formula is C26H28N6O. The molecule has 4 rings (SSSR count). The van der Waals surface area contributed by atoms with E-state index in [4.69, 9.17) is 0 Å². The first-order valence-corrected chi connectivity index (χ1v) is 11.2. The van der Waals surface area contributed by atoms with Gasteiger partial charge in [0.05, 0.1) is 18.7 Å². The van der Waals surface area contributed by atoms with E-state index in [1.54, 1.807) is 0 Å². The zero-order valence-electron chi connectivity index (χ0n) is 19.2. The number of imidazole rings is 1. The van der Waals surface area contributed by atoms with Gasteiger partial charge in [0.25, 0.3) is 0 Å². The molecule has 2 heterocycles. The van der Waals surface area contributed by atoms with Crippen molar-refractivity contribution in [3.63, 3.8) is 0 Å². The second-order valence-corrected chi connectivity index (χ2v) is 8.46. The standard InChI is InChI=1S/C26H28N6O/c1-4-5-8-22-18-31(16-15-19(2)3)26(33)32(22)17-20-11-13-21(14-12-20)23-9-6-7-10-24(23)25-27-29-30-28-25/h6-7,9-14,18-19H,8,15-17H2,1-3H3,(H,27,28,29,30). The Bertz CT molecular complexity index is 1320. The first kappa shape index (κ1) is 22.3. The summed E-state index contributed by atoms with van der Waals surface area (Å²) in [7, 11) is 0. The lowest BCUT2D eigenvalue weighted by atomic mass is 9.98. The number of hydrogen-bond acceptors (Lipinski definition) is 4. The Morgan fingerprint density at radius 1 is 1.06 bits per heavy atom. The van der Waals surface area contributed by atoms with Crippen LogP contribution < -0.4 is 5.69 Å². The molecule has 0 saturated carbocycles. The molecular weight excluding hydrogens is 412 g/mol. The van der Waals surface area contributed by atoms with Crippen LogP contribution in [0.25, 0.3) is 22.5 Å². The molecule has 0 unspecified atom stereocenters. The lowest BCUT2D eigenvalue weighted by Crippen LogP contribution is -2.26. The summed E-state index contributed by atoms with van der Waals surface area (Å²) in [5, 5.41) is 14.3. The Kier molecular flexibility index (Phi) is 6.84. The van der Waals surface area contributed by atoms with Crippen LogP contribution in [0.2, 0.25) is 0 Å². The van der Waals surface area contributed by atoms with E-state index in [0.29, 0.717) is 24.7 Å². The van der Waals surface area contributed by atoms with E-state index in [1.807, 2.05) is 46.5 Å². The average Bonchev–Trinajstić information content (AvgIpc) is 3.46. The maximum absolute atomic E-state index is 13.1. The number of aryl methyl sites for hydroxylation is 1. The molecule has 1 N–H and O–H groups in total. The highest BCUT2D eigenvalue weighted by Gasteiger charge is 2.13. The summed E-state index contributed by atoms with van der Waals surface area (Å²) in [6.07, 6.45) is 3.50. The molecule has 2 aromatic heterocycles. The normalized spacial score (nSPS) is 10.9. The lowest BCUT2D eigenvalue weighted by molar-refractivity contribution is 0.503. The molecule has 0 fully saturated rings. The zero-order chi connectivity index (χ0) is 23.2. The molecule has 0 aliphatic heterocycles. The van der Waals surface area contributed by atoms with E-state index >= 15 is 0 Å². The summed E-state index contributed by atoms with van der Waals surface area (Å²) in [4.78, 5) is 13.1. The van der Waals surface area contributed by atoms with Crippen LogP contribution >= 0.6 is 0 Å². The largest absolute Gasteiger partial charge is 0.328 e. The molecule has 0 amide bonds. The van der Waals surface area contributed by atoms with Crippen molar-refractivity contribution in [1.29, 1.82) is 0 Å². The number of nitrogens with one attached hydrogen (secondary N) is 1. The molecule has 0 spiro atoms. The van der Waals surface area contributed by atoms with Crippen molar-refractivity contribution >= 4 is 0 Å². The number of benzene rings is 2. The third-order valence-corrected chi connectivity index (χ3v) is 5.65. The molecule has 0 bridgehead atoms. The van der Waals surface area contributed by atoms with E-state index in [1.165, 1.54) is 0 Å². The molecule has 4 aromatic rings. The van der Waals surface area contributed by atoms with Crippen LogP contribution in [0.1, 0.15) is 38.4 Å². The number of H-pyrrole nitrogens is 1. The maximum atomic E-state index is 13.1. The van der Waals surface area contributed by atoms with Crippen molar-refractivity contribution in [1.82, 2.24) is 29.8 Å². The fraction of sp³-hybridized carbons (Fsp3) is 0.308. The van der Waals surface area contributed by atoms with Gasteiger partial charge in [-0.15, -0.1) is 11.0 Å². The molecule has 0 atom stereocenters. The molecule has 0 saturated heterocycles. The molecule has 2 aromatic carbocycles. The van der Waals surface area contributed by atoms with Crippen molar-refractivity contribution in [3.8, 4) is 34.4 Å². The Balaban J connectivity index is 1.61. The predicted molar refractivity (Wildman–Crippen MR) is 129 cm³/mol. The third-order valence-electron chi connectivity index (χ3n) is 5.65. The van der Waals surface area contributed by atoms with Crippen LogP contribution in [-0.2, 0) is 19.5 Å². The summed E-state index contributed by atoms with van der Waals surface area (Å²) in [5.41, 5.74) is 5.07. The Morgan fingerprint density at radius 3 is 2.48 bits per heavy atom. The fourth-order valence-electron chi connectivity index (χ4n) is 3.82. The fourth-order valence-corrected chi connectivity index (χ4v) is 3.82. The van der Waals surface area contributed by atoms with Crippen molar-refractivity contribution < 1.29 is 0 Å². The molecule has 0 aliphatic rings. The molecule has 168 valence electrons. The number of rotatable bonds is 8. The van der Waals surface area contributed by atoms with Crippen molar-refractivity contribution in [3.05, 3.63) is 76.5 Å². The molecule has 0 radical (unpaired) electrons. The minimum atomic E-state index is 0.0239. The number of aromatic amines is 1. The Labute approximate surface area is 193 Å². The average molecular weight is 441 g/mol. The quantitative estimate of drug-likeness (QED) is 0.417. The molecule has 0 aliphatic carbocycles. The van der Waals surface area contributed by atoms with E-state index < -0.39 is 0 Å². The summed E-state index contributed by atoms with van der Waals surface area (Å²) in [6, 6.07) is 16.3. The first-order chi connectivity index (χ1) is 16.1. The van der Waals surface area contributed by atoms with Gasteiger partial charge >= 0.3 is 5.69 Å². The van der Waals surface area contributed by atoms with Gasteiger partial charge in [-0.25, -0.2) is 9.89 Å². The molecule has 7 nitrogen and oxygen atoms in total. The lowest BCUT2D eigenvalue weighted by Gasteiger charge is -2.10. The van der Waals surface area contributed by atoms with Crippen LogP contribution in [0.4, 0.5) is 0 Å². The minimum Gasteiger partial charge on any atom is -0.299 e. The van der Waals surface area contributed by atoms with E-state index in [0.717, 1.165) is 40.9 Å². The minimum absolute atomic E-state index is 0.0239. The van der Waals surface area contributed by atoms with Crippen LogP contribution in [-0.4, -0.2) is 29.8 Å². The van der Waals surface area contributed by atoms with Gasteiger partial charge < -0.3 is 0 Å². The maximum Gasteiger partial charge on any atom is 0.328 e. The second-order valence-electron chi connectivity index (χ2n) is 8.46. The second kappa shape index (κ2) is 10.1. The van der Waals surface area contributed by atoms with E-state index in [2.05, 4.69) is 70.6 Å². The van der Waals surface area contributed by atoms with Crippen molar-refractivity contribution in [2.24, 2.45) is 5.92 Å². The monoisotopic (exact) mass is 440 g/mol. The Hall–Kier alpha value is -3.92. The highest BCUT2D eigenvalue weighted by molar-refractivity contribution is 5.80. The zero-order valence-corrected chi connectivity index (χ0v) is 19.2. The van der Waals surface area contributed by atoms with Crippen LogP contribution in [0.15, 0.2) is 59.5 Å². The van der Waals surface area contributed by atoms with Gasteiger partial charge in [-0.05, 0) is 46.4 Å².